The maximum atomic E-state index is 9.27. The summed E-state index contributed by atoms with van der Waals surface area (Å²) in [4.78, 5) is -0.940. The Hall–Kier alpha value is -0.610. The van der Waals surface area contributed by atoms with Crippen molar-refractivity contribution in [3.05, 3.63) is 35.9 Å². The number of hydroxylamine groups is 4. The van der Waals surface area contributed by atoms with Crippen LogP contribution in [0.25, 0.3) is 0 Å². The summed E-state index contributed by atoms with van der Waals surface area (Å²) in [6, 6.07) is 9.40. The average molecular weight is 204 g/mol. The number of rotatable bonds is 3. The van der Waals surface area contributed by atoms with Gasteiger partial charge in [0.05, 0.1) is 0 Å². The summed E-state index contributed by atoms with van der Waals surface area (Å²) in [5.41, 5.74) is 0.921. The summed E-state index contributed by atoms with van der Waals surface area (Å²) in [6.07, 6.45) is 0. The van der Waals surface area contributed by atoms with E-state index in [2.05, 4.69) is 0 Å². The van der Waals surface area contributed by atoms with Crippen LogP contribution in [-0.2, 0) is 6.54 Å². The van der Waals surface area contributed by atoms with Crippen LogP contribution in [0.15, 0.2) is 30.3 Å². The SMILES string of the molecule is CC[N+](O)(O)Cc1ccccc1.[Cl-]. The molecule has 13 heavy (non-hydrogen) atoms. The Balaban J connectivity index is 0.00000144. The van der Waals surface area contributed by atoms with Gasteiger partial charge in [-0.2, -0.15) is 10.4 Å². The molecule has 3 nitrogen and oxygen atoms in total. The predicted octanol–water partition coefficient (Wildman–Crippen LogP) is -1.19. The molecule has 0 fully saturated rings. The minimum absolute atomic E-state index is 0. The van der Waals surface area contributed by atoms with Crippen LogP contribution < -0.4 is 12.4 Å². The van der Waals surface area contributed by atoms with Crippen molar-refractivity contribution in [1.82, 2.24) is 0 Å². The molecule has 0 spiro atoms. The Kier molecular flexibility index (Phi) is 4.95. The van der Waals surface area contributed by atoms with Gasteiger partial charge in [0.15, 0.2) is 6.54 Å². The Morgan fingerprint density at radius 1 is 1.15 bits per heavy atom. The number of hydrogen-bond acceptors (Lipinski definition) is 2. The largest absolute Gasteiger partial charge is 1.00 e. The predicted molar refractivity (Wildman–Crippen MR) is 44.5 cm³/mol. The molecule has 0 heterocycles. The van der Waals surface area contributed by atoms with E-state index < -0.39 is 4.81 Å². The highest BCUT2D eigenvalue weighted by Crippen LogP contribution is 2.06. The molecule has 0 saturated carbocycles. The summed E-state index contributed by atoms with van der Waals surface area (Å²) in [7, 11) is 0. The van der Waals surface area contributed by atoms with E-state index in [9.17, 15) is 10.4 Å². The third-order valence-electron chi connectivity index (χ3n) is 1.79. The Bertz CT molecular complexity index is 239. The van der Waals surface area contributed by atoms with E-state index in [0.717, 1.165) is 5.56 Å². The van der Waals surface area contributed by atoms with Gasteiger partial charge in [-0.3, -0.25) is 0 Å². The Morgan fingerprint density at radius 2 is 1.69 bits per heavy atom. The van der Waals surface area contributed by atoms with Gasteiger partial charge in [-0.15, -0.1) is 0 Å². The molecule has 1 rings (SSSR count). The second kappa shape index (κ2) is 5.19. The molecule has 0 aromatic heterocycles. The van der Waals surface area contributed by atoms with Crippen molar-refractivity contribution in [3.8, 4) is 0 Å². The molecule has 2 N–H and O–H groups in total. The first kappa shape index (κ1) is 12.4. The van der Waals surface area contributed by atoms with Gasteiger partial charge in [-0.1, -0.05) is 30.3 Å². The molecule has 0 aliphatic rings. The maximum Gasteiger partial charge on any atom is 0.167 e. The molecule has 0 unspecified atom stereocenters. The van der Waals surface area contributed by atoms with Crippen LogP contribution in [-0.4, -0.2) is 21.8 Å². The first-order chi connectivity index (χ1) is 5.64. The lowest BCUT2D eigenvalue weighted by Crippen LogP contribution is -3.00. The summed E-state index contributed by atoms with van der Waals surface area (Å²) in [5, 5.41) is 18.5. The van der Waals surface area contributed by atoms with Gasteiger partial charge in [0, 0.05) is 5.56 Å². The van der Waals surface area contributed by atoms with E-state index in [1.165, 1.54) is 0 Å². The first-order valence-electron chi connectivity index (χ1n) is 4.00. The molecule has 0 aliphatic heterocycles. The fourth-order valence-electron chi connectivity index (χ4n) is 0.988. The molecule has 74 valence electrons. The van der Waals surface area contributed by atoms with Crippen LogP contribution in [0.4, 0.5) is 0 Å². The highest BCUT2D eigenvalue weighted by molar-refractivity contribution is 5.13. The van der Waals surface area contributed by atoms with E-state index in [1.807, 2.05) is 30.3 Å². The van der Waals surface area contributed by atoms with Gasteiger partial charge >= 0.3 is 0 Å². The standard InChI is InChI=1S/C9H14NO2.ClH/c1-2-10(11,12)8-9-6-4-3-5-7-9;/h3-7,11-12H,2,8H2,1H3;1H/q+1;/p-1. The van der Waals surface area contributed by atoms with E-state index in [0.29, 0.717) is 0 Å². The first-order valence-corrected chi connectivity index (χ1v) is 4.00. The third kappa shape index (κ3) is 4.24. The van der Waals surface area contributed by atoms with Crippen LogP contribution in [0.1, 0.15) is 12.5 Å². The summed E-state index contributed by atoms with van der Waals surface area (Å²) in [5.74, 6) is 0. The zero-order valence-electron chi connectivity index (χ0n) is 7.52. The van der Waals surface area contributed by atoms with E-state index >= 15 is 0 Å². The lowest BCUT2D eigenvalue weighted by atomic mass is 10.2. The molecule has 0 saturated heterocycles. The molecule has 0 radical (unpaired) electrons. The average Bonchev–Trinajstić information content (AvgIpc) is 2.06. The molecule has 0 aliphatic carbocycles. The van der Waals surface area contributed by atoms with Crippen molar-refractivity contribution >= 4 is 0 Å². The monoisotopic (exact) mass is 203 g/mol. The lowest BCUT2D eigenvalue weighted by molar-refractivity contribution is -1.25. The van der Waals surface area contributed by atoms with Crippen molar-refractivity contribution < 1.29 is 27.6 Å². The van der Waals surface area contributed by atoms with E-state index in [4.69, 9.17) is 0 Å². The van der Waals surface area contributed by atoms with Crippen LogP contribution in [0.2, 0.25) is 0 Å². The molecule has 0 amide bonds. The Labute approximate surface area is 84.1 Å². The van der Waals surface area contributed by atoms with Crippen molar-refractivity contribution in [2.75, 3.05) is 6.54 Å². The van der Waals surface area contributed by atoms with Gasteiger partial charge in [0.1, 0.15) is 6.54 Å². The zero-order valence-corrected chi connectivity index (χ0v) is 8.28. The highest BCUT2D eigenvalue weighted by Gasteiger charge is 2.19. The Morgan fingerprint density at radius 3 is 2.15 bits per heavy atom. The summed E-state index contributed by atoms with van der Waals surface area (Å²) >= 11 is 0. The highest BCUT2D eigenvalue weighted by atomic mass is 35.5. The minimum Gasteiger partial charge on any atom is -1.00 e. The lowest BCUT2D eigenvalue weighted by Gasteiger charge is -2.18. The van der Waals surface area contributed by atoms with Gasteiger partial charge < -0.3 is 12.4 Å². The van der Waals surface area contributed by atoms with Crippen molar-refractivity contribution in [2.45, 2.75) is 13.5 Å². The number of hydrogen-bond donors (Lipinski definition) is 2. The fourth-order valence-corrected chi connectivity index (χ4v) is 0.988. The third-order valence-corrected chi connectivity index (χ3v) is 1.79. The van der Waals surface area contributed by atoms with Crippen LogP contribution in [0.5, 0.6) is 0 Å². The van der Waals surface area contributed by atoms with Gasteiger partial charge in [0.2, 0.25) is 0 Å². The normalized spacial score (nSPS) is 10.7. The van der Waals surface area contributed by atoms with Crippen LogP contribution >= 0.6 is 0 Å². The van der Waals surface area contributed by atoms with E-state index in [-0.39, 0.29) is 25.5 Å². The summed E-state index contributed by atoms with van der Waals surface area (Å²) in [6.45, 7) is 2.25. The molecule has 0 bridgehead atoms. The quantitative estimate of drug-likeness (QED) is 0.479. The second-order valence-electron chi connectivity index (χ2n) is 2.84. The van der Waals surface area contributed by atoms with Crippen LogP contribution in [0, 0.1) is 0 Å². The van der Waals surface area contributed by atoms with E-state index in [1.54, 1.807) is 6.92 Å². The fraction of sp³-hybridized carbons (Fsp3) is 0.333. The number of nitrogens with zero attached hydrogens (tertiary/aromatic N) is 1. The van der Waals surface area contributed by atoms with Crippen molar-refractivity contribution in [1.29, 1.82) is 0 Å². The van der Waals surface area contributed by atoms with Crippen molar-refractivity contribution in [3.63, 3.8) is 0 Å². The topological polar surface area (TPSA) is 40.5 Å². The number of benzene rings is 1. The smallest absolute Gasteiger partial charge is 0.167 e. The second-order valence-corrected chi connectivity index (χ2v) is 2.84. The van der Waals surface area contributed by atoms with Gasteiger partial charge in [-0.05, 0) is 11.7 Å². The molecule has 0 atom stereocenters. The molecule has 1 aromatic rings. The number of quaternary nitrogens is 1. The number of halogens is 1. The van der Waals surface area contributed by atoms with Crippen LogP contribution in [0.3, 0.4) is 0 Å². The molecular weight excluding hydrogens is 190 g/mol. The molecule has 1 aromatic carbocycles. The van der Waals surface area contributed by atoms with Crippen molar-refractivity contribution in [2.24, 2.45) is 0 Å². The van der Waals surface area contributed by atoms with Gasteiger partial charge in [0.25, 0.3) is 0 Å². The molecular formula is C9H14ClNO2. The van der Waals surface area contributed by atoms with Gasteiger partial charge in [-0.25, -0.2) is 0 Å². The zero-order chi connectivity index (χ0) is 9.03. The maximum absolute atomic E-state index is 9.27. The molecule has 4 heteroatoms. The summed E-state index contributed by atoms with van der Waals surface area (Å²) < 4.78 is 0. The minimum atomic E-state index is -0.940.